The molecule has 1 amide bonds. The molecule has 1 aromatic heterocycles. The Morgan fingerprint density at radius 2 is 1.85 bits per heavy atom. The second kappa shape index (κ2) is 8.37. The number of carbonyl (C=O) groups is 1. The zero-order valence-electron chi connectivity index (χ0n) is 18.7. The van der Waals surface area contributed by atoms with Gasteiger partial charge in [0.2, 0.25) is 0 Å². The van der Waals surface area contributed by atoms with E-state index in [0.29, 0.717) is 30.4 Å². The van der Waals surface area contributed by atoms with E-state index in [0.717, 1.165) is 28.9 Å². The van der Waals surface area contributed by atoms with Gasteiger partial charge in [-0.3, -0.25) is 4.79 Å². The largest absolute Gasteiger partial charge is 0.505 e. The minimum Gasteiger partial charge on any atom is -0.505 e. The van der Waals surface area contributed by atoms with Gasteiger partial charge in [0, 0.05) is 44.2 Å². The van der Waals surface area contributed by atoms with Gasteiger partial charge >= 0.3 is 0 Å². The number of carbonyl (C=O) groups excluding carboxylic acids is 1. The molecule has 0 spiro atoms. The average molecular weight is 460 g/mol. The molecule has 34 heavy (non-hydrogen) atoms. The van der Waals surface area contributed by atoms with Crippen LogP contribution in [0, 0.1) is 11.6 Å². The summed E-state index contributed by atoms with van der Waals surface area (Å²) in [7, 11) is 3.73. The van der Waals surface area contributed by atoms with Crippen molar-refractivity contribution >= 4 is 22.5 Å². The van der Waals surface area contributed by atoms with Crippen molar-refractivity contribution in [2.24, 2.45) is 0 Å². The first-order valence-corrected chi connectivity index (χ1v) is 10.9. The Kier molecular flexibility index (Phi) is 5.36. The molecule has 6 nitrogen and oxygen atoms in total. The Labute approximate surface area is 195 Å². The Morgan fingerprint density at radius 1 is 1.06 bits per heavy atom. The fraction of sp³-hybridized carbons (Fsp3) is 0.192. The lowest BCUT2D eigenvalue weighted by molar-refractivity contribution is 0.0730. The van der Waals surface area contributed by atoms with Crippen molar-refractivity contribution in [2.75, 3.05) is 25.5 Å². The lowest BCUT2D eigenvalue weighted by Gasteiger charge is -2.30. The second-order valence-electron chi connectivity index (χ2n) is 8.48. The van der Waals surface area contributed by atoms with E-state index in [1.807, 2.05) is 31.1 Å². The van der Waals surface area contributed by atoms with E-state index in [-0.39, 0.29) is 28.7 Å². The van der Waals surface area contributed by atoms with Crippen molar-refractivity contribution in [1.29, 1.82) is 0 Å². The number of aromatic nitrogens is 2. The van der Waals surface area contributed by atoms with Crippen LogP contribution in [-0.2, 0) is 13.0 Å². The predicted octanol–water partition coefficient (Wildman–Crippen LogP) is 4.55. The zero-order chi connectivity index (χ0) is 24.0. The maximum Gasteiger partial charge on any atom is 0.273 e. The van der Waals surface area contributed by atoms with Crippen molar-refractivity contribution in [2.45, 2.75) is 13.0 Å². The molecule has 0 saturated carbocycles. The van der Waals surface area contributed by atoms with Crippen LogP contribution in [0.1, 0.15) is 21.6 Å². The average Bonchev–Trinajstić information content (AvgIpc) is 2.82. The van der Waals surface area contributed by atoms with Crippen molar-refractivity contribution in [3.05, 3.63) is 83.1 Å². The molecule has 1 N–H and O–H groups in total. The smallest absolute Gasteiger partial charge is 0.273 e. The number of halogens is 2. The quantitative estimate of drug-likeness (QED) is 0.486. The molecule has 0 radical (unpaired) electrons. The monoisotopic (exact) mass is 460 g/mol. The molecule has 3 aromatic carbocycles. The summed E-state index contributed by atoms with van der Waals surface area (Å²) in [5, 5.41) is 11.2. The highest BCUT2D eigenvalue weighted by atomic mass is 19.1. The van der Waals surface area contributed by atoms with Gasteiger partial charge in [-0.25, -0.2) is 18.7 Å². The molecule has 0 atom stereocenters. The van der Waals surface area contributed by atoms with Gasteiger partial charge in [-0.05, 0) is 36.2 Å². The van der Waals surface area contributed by atoms with Gasteiger partial charge in [0.1, 0.15) is 23.1 Å². The molecule has 1 aliphatic rings. The van der Waals surface area contributed by atoms with Gasteiger partial charge in [0.25, 0.3) is 5.91 Å². The maximum atomic E-state index is 14.5. The Balaban J connectivity index is 1.55. The Morgan fingerprint density at radius 3 is 2.62 bits per heavy atom. The summed E-state index contributed by atoms with van der Waals surface area (Å²) in [6, 6.07) is 14.0. The highest BCUT2D eigenvalue weighted by molar-refractivity contribution is 6.05. The summed E-state index contributed by atoms with van der Waals surface area (Å²) in [4.78, 5) is 26.0. The van der Waals surface area contributed by atoms with E-state index in [1.54, 1.807) is 29.2 Å². The Hall–Kier alpha value is -4.07. The van der Waals surface area contributed by atoms with Crippen LogP contribution in [0.4, 0.5) is 14.5 Å². The minimum atomic E-state index is -0.798. The highest BCUT2D eigenvalue weighted by Gasteiger charge is 2.28. The number of fused-ring (bicyclic) bond motifs is 2. The molecular weight excluding hydrogens is 438 g/mol. The van der Waals surface area contributed by atoms with E-state index in [2.05, 4.69) is 9.97 Å². The SMILES string of the molecule is CN(C)c1ccc2c(c1O)CCN(C(=O)c1nc(-c3ccc(F)cc3F)nc3ccccc13)C2. The van der Waals surface area contributed by atoms with E-state index in [9.17, 15) is 18.7 Å². The van der Waals surface area contributed by atoms with E-state index in [4.69, 9.17) is 0 Å². The number of aromatic hydroxyl groups is 1. The molecule has 0 saturated heterocycles. The first-order valence-electron chi connectivity index (χ1n) is 10.9. The third-order valence-corrected chi connectivity index (χ3v) is 6.10. The molecule has 1 aliphatic heterocycles. The van der Waals surface area contributed by atoms with Crippen molar-refractivity contribution < 1.29 is 18.7 Å². The lowest BCUT2D eigenvalue weighted by Crippen LogP contribution is -2.36. The van der Waals surface area contributed by atoms with Crippen LogP contribution in [0.25, 0.3) is 22.3 Å². The van der Waals surface area contributed by atoms with Crippen LogP contribution in [0.5, 0.6) is 5.75 Å². The predicted molar refractivity (Wildman–Crippen MR) is 126 cm³/mol. The molecule has 0 aliphatic carbocycles. The molecule has 4 aromatic rings. The summed E-state index contributed by atoms with van der Waals surface area (Å²) in [5.74, 6) is -1.57. The van der Waals surface area contributed by atoms with Gasteiger partial charge in [0.05, 0.1) is 16.8 Å². The normalized spacial score (nSPS) is 13.1. The second-order valence-corrected chi connectivity index (χ2v) is 8.48. The van der Waals surface area contributed by atoms with Gasteiger partial charge in [-0.15, -0.1) is 0 Å². The van der Waals surface area contributed by atoms with Crippen molar-refractivity contribution in [3.8, 4) is 17.1 Å². The number of rotatable bonds is 3. The van der Waals surface area contributed by atoms with Crippen molar-refractivity contribution in [3.63, 3.8) is 0 Å². The molecule has 0 unspecified atom stereocenters. The molecular formula is C26H22F2N4O2. The number of anilines is 1. The summed E-state index contributed by atoms with van der Waals surface area (Å²) in [5.41, 5.74) is 3.09. The van der Waals surface area contributed by atoms with E-state index >= 15 is 0 Å². The van der Waals surface area contributed by atoms with Crippen LogP contribution in [0.2, 0.25) is 0 Å². The summed E-state index contributed by atoms with van der Waals surface area (Å²) in [6.07, 6.45) is 0.497. The summed E-state index contributed by atoms with van der Waals surface area (Å²) >= 11 is 0. The van der Waals surface area contributed by atoms with Crippen molar-refractivity contribution in [1.82, 2.24) is 14.9 Å². The Bertz CT molecular complexity index is 1440. The van der Waals surface area contributed by atoms with Gasteiger partial charge in [-0.1, -0.05) is 24.3 Å². The number of para-hydroxylation sites is 1. The number of hydrogen-bond acceptors (Lipinski definition) is 5. The van der Waals surface area contributed by atoms with E-state index < -0.39 is 11.6 Å². The topological polar surface area (TPSA) is 69.6 Å². The molecule has 0 bridgehead atoms. The van der Waals surface area contributed by atoms with Crippen LogP contribution in [-0.4, -0.2) is 46.5 Å². The molecule has 0 fully saturated rings. The van der Waals surface area contributed by atoms with Gasteiger partial charge in [-0.2, -0.15) is 0 Å². The number of benzene rings is 3. The third kappa shape index (κ3) is 3.71. The number of amides is 1. The van der Waals surface area contributed by atoms with Gasteiger partial charge < -0.3 is 14.9 Å². The molecule has 5 rings (SSSR count). The van der Waals surface area contributed by atoms with Crippen LogP contribution >= 0.6 is 0 Å². The summed E-state index contributed by atoms with van der Waals surface area (Å²) < 4.78 is 27.9. The number of phenolic OH excluding ortho intramolecular Hbond substituents is 1. The van der Waals surface area contributed by atoms with Gasteiger partial charge in [0.15, 0.2) is 5.82 Å². The summed E-state index contributed by atoms with van der Waals surface area (Å²) in [6.45, 7) is 0.711. The lowest BCUT2D eigenvalue weighted by atomic mass is 9.97. The fourth-order valence-electron chi connectivity index (χ4n) is 4.34. The first kappa shape index (κ1) is 21.8. The highest BCUT2D eigenvalue weighted by Crippen LogP contribution is 2.36. The molecule has 2 heterocycles. The maximum absolute atomic E-state index is 14.5. The number of nitrogens with zero attached hydrogens (tertiary/aromatic N) is 4. The van der Waals surface area contributed by atoms with Crippen LogP contribution in [0.15, 0.2) is 54.6 Å². The van der Waals surface area contributed by atoms with Crippen LogP contribution in [0.3, 0.4) is 0 Å². The first-order chi connectivity index (χ1) is 16.3. The van der Waals surface area contributed by atoms with Crippen LogP contribution < -0.4 is 4.90 Å². The minimum absolute atomic E-state index is 0.0187. The molecule has 8 heteroatoms. The molecule has 172 valence electrons. The standard InChI is InChI=1S/C26H22F2N4O2/c1-31(2)22-10-7-15-14-32(12-11-17(15)24(22)33)26(34)23-19-5-3-4-6-21(19)29-25(30-23)18-9-8-16(27)13-20(18)28/h3-10,13,33H,11-12,14H2,1-2H3. The third-order valence-electron chi connectivity index (χ3n) is 6.10. The zero-order valence-corrected chi connectivity index (χ0v) is 18.7. The number of hydrogen-bond donors (Lipinski definition) is 1. The number of phenols is 1. The fourth-order valence-corrected chi connectivity index (χ4v) is 4.34. The van der Waals surface area contributed by atoms with E-state index in [1.165, 1.54) is 6.07 Å².